The summed E-state index contributed by atoms with van der Waals surface area (Å²) in [5.74, 6) is 1.35. The number of likely N-dealkylation sites (N-methyl/N-ethyl adjacent to an activating group) is 1. The van der Waals surface area contributed by atoms with Crippen LogP contribution in [-0.4, -0.2) is 43.7 Å². The first-order chi connectivity index (χ1) is 13.6. The molecule has 2 amide bonds. The van der Waals surface area contributed by atoms with Crippen LogP contribution in [-0.2, 0) is 6.42 Å². The van der Waals surface area contributed by atoms with Crippen molar-refractivity contribution in [3.05, 3.63) is 35.4 Å². The molecular weight excluding hydrogens is 346 g/mol. The SMILES string of the molecule is CNC[C@H](CC1CCCCC1)NC(=O)N1CCC[C@@H](Cc2cccc(C)c2)C1. The van der Waals surface area contributed by atoms with Crippen LogP contribution in [0.1, 0.15) is 62.5 Å². The molecule has 0 bridgehead atoms. The normalized spacial score (nSPS) is 22.1. The second-order valence-electron chi connectivity index (χ2n) is 9.09. The number of aryl methyl sites for hydroxylation is 1. The van der Waals surface area contributed by atoms with Gasteiger partial charge in [0.1, 0.15) is 0 Å². The first-order valence-corrected chi connectivity index (χ1v) is 11.4. The molecule has 1 aromatic rings. The lowest BCUT2D eigenvalue weighted by atomic mass is 9.85. The van der Waals surface area contributed by atoms with Crippen molar-refractivity contribution in [2.75, 3.05) is 26.7 Å². The van der Waals surface area contributed by atoms with Gasteiger partial charge >= 0.3 is 6.03 Å². The summed E-state index contributed by atoms with van der Waals surface area (Å²) in [5.41, 5.74) is 2.72. The molecule has 0 aromatic heterocycles. The van der Waals surface area contributed by atoms with Gasteiger partial charge in [0, 0.05) is 25.7 Å². The fraction of sp³-hybridized carbons (Fsp3) is 0.708. The van der Waals surface area contributed by atoms with Crippen molar-refractivity contribution >= 4 is 6.03 Å². The molecule has 4 nitrogen and oxygen atoms in total. The first kappa shape index (κ1) is 21.2. The van der Waals surface area contributed by atoms with Crippen molar-refractivity contribution in [3.8, 4) is 0 Å². The van der Waals surface area contributed by atoms with Crippen molar-refractivity contribution in [2.24, 2.45) is 11.8 Å². The number of nitrogens with one attached hydrogen (secondary N) is 2. The third-order valence-corrected chi connectivity index (χ3v) is 6.53. The number of nitrogens with zero attached hydrogens (tertiary/aromatic N) is 1. The van der Waals surface area contributed by atoms with Crippen LogP contribution in [0.15, 0.2) is 24.3 Å². The van der Waals surface area contributed by atoms with E-state index in [1.165, 1.54) is 49.7 Å². The minimum atomic E-state index is 0.144. The van der Waals surface area contributed by atoms with E-state index in [4.69, 9.17) is 0 Å². The smallest absolute Gasteiger partial charge is 0.317 e. The molecule has 1 saturated heterocycles. The summed E-state index contributed by atoms with van der Waals surface area (Å²) in [4.78, 5) is 15.0. The van der Waals surface area contributed by atoms with Crippen LogP contribution in [0.4, 0.5) is 4.79 Å². The number of rotatable bonds is 7. The van der Waals surface area contributed by atoms with E-state index in [2.05, 4.69) is 46.7 Å². The number of likely N-dealkylation sites (tertiary alicyclic amines) is 1. The van der Waals surface area contributed by atoms with Crippen LogP contribution in [0.2, 0.25) is 0 Å². The van der Waals surface area contributed by atoms with E-state index in [0.29, 0.717) is 5.92 Å². The molecule has 2 N–H and O–H groups in total. The van der Waals surface area contributed by atoms with E-state index in [1.807, 2.05) is 7.05 Å². The van der Waals surface area contributed by atoms with Crippen LogP contribution in [0, 0.1) is 18.8 Å². The van der Waals surface area contributed by atoms with Gasteiger partial charge in [0.2, 0.25) is 0 Å². The number of urea groups is 1. The van der Waals surface area contributed by atoms with Gasteiger partial charge in [-0.1, -0.05) is 61.9 Å². The largest absolute Gasteiger partial charge is 0.334 e. The summed E-state index contributed by atoms with van der Waals surface area (Å²) in [5, 5.41) is 6.63. The quantitative estimate of drug-likeness (QED) is 0.725. The van der Waals surface area contributed by atoms with Crippen LogP contribution in [0.3, 0.4) is 0 Å². The highest BCUT2D eigenvalue weighted by Gasteiger charge is 2.26. The summed E-state index contributed by atoms with van der Waals surface area (Å²) in [6.45, 7) is 4.79. The van der Waals surface area contributed by atoms with Crippen LogP contribution >= 0.6 is 0 Å². The zero-order chi connectivity index (χ0) is 19.8. The van der Waals surface area contributed by atoms with Gasteiger partial charge in [0.15, 0.2) is 0 Å². The lowest BCUT2D eigenvalue weighted by Gasteiger charge is -2.35. The molecule has 0 radical (unpaired) electrons. The van der Waals surface area contributed by atoms with E-state index in [9.17, 15) is 4.79 Å². The van der Waals surface area contributed by atoms with Gasteiger partial charge in [0.25, 0.3) is 0 Å². The Balaban J connectivity index is 1.51. The van der Waals surface area contributed by atoms with Gasteiger partial charge in [-0.2, -0.15) is 0 Å². The molecule has 2 atom stereocenters. The molecule has 4 heteroatoms. The Morgan fingerprint density at radius 3 is 2.68 bits per heavy atom. The Morgan fingerprint density at radius 1 is 1.14 bits per heavy atom. The maximum Gasteiger partial charge on any atom is 0.317 e. The zero-order valence-electron chi connectivity index (χ0n) is 17.9. The predicted octanol–water partition coefficient (Wildman–Crippen LogP) is 4.52. The Hall–Kier alpha value is -1.55. The standard InChI is InChI=1S/C24H39N3O/c1-19-8-6-11-21(14-19)15-22-12-7-13-27(18-22)24(28)26-23(17-25-2)16-20-9-4-3-5-10-20/h6,8,11,14,20,22-23,25H,3-5,7,9-10,12-13,15-18H2,1-2H3,(H,26,28)/t22-,23-/m0/s1. The number of benzene rings is 1. The summed E-state index contributed by atoms with van der Waals surface area (Å²) < 4.78 is 0. The fourth-order valence-corrected chi connectivity index (χ4v) is 5.12. The molecular formula is C24H39N3O. The predicted molar refractivity (Wildman–Crippen MR) is 117 cm³/mol. The van der Waals surface area contributed by atoms with E-state index in [0.717, 1.165) is 44.8 Å². The number of carbonyl (C=O) groups is 1. The molecule has 1 aromatic carbocycles. The monoisotopic (exact) mass is 385 g/mol. The molecule has 1 aliphatic heterocycles. The minimum absolute atomic E-state index is 0.144. The third-order valence-electron chi connectivity index (χ3n) is 6.53. The molecule has 2 aliphatic rings. The average Bonchev–Trinajstić information content (AvgIpc) is 2.69. The number of piperidine rings is 1. The zero-order valence-corrected chi connectivity index (χ0v) is 17.9. The van der Waals surface area contributed by atoms with Crippen molar-refractivity contribution in [1.29, 1.82) is 0 Å². The van der Waals surface area contributed by atoms with Crippen LogP contribution in [0.25, 0.3) is 0 Å². The topological polar surface area (TPSA) is 44.4 Å². The van der Waals surface area contributed by atoms with E-state index in [1.54, 1.807) is 0 Å². The highest BCUT2D eigenvalue weighted by molar-refractivity contribution is 5.74. The molecule has 2 fully saturated rings. The second-order valence-corrected chi connectivity index (χ2v) is 9.09. The highest BCUT2D eigenvalue weighted by Crippen LogP contribution is 2.27. The fourth-order valence-electron chi connectivity index (χ4n) is 5.12. The van der Waals surface area contributed by atoms with Crippen molar-refractivity contribution in [2.45, 2.75) is 70.8 Å². The van der Waals surface area contributed by atoms with Gasteiger partial charge in [-0.05, 0) is 57.1 Å². The lowest BCUT2D eigenvalue weighted by Crippen LogP contribution is -2.51. The van der Waals surface area contributed by atoms with Gasteiger partial charge in [-0.25, -0.2) is 4.79 Å². The summed E-state index contributed by atoms with van der Waals surface area (Å²) >= 11 is 0. The molecule has 28 heavy (non-hydrogen) atoms. The number of carbonyl (C=O) groups excluding carboxylic acids is 1. The second kappa shape index (κ2) is 10.8. The minimum Gasteiger partial charge on any atom is -0.334 e. The highest BCUT2D eigenvalue weighted by atomic mass is 16.2. The van der Waals surface area contributed by atoms with Crippen molar-refractivity contribution in [3.63, 3.8) is 0 Å². The number of hydrogen-bond donors (Lipinski definition) is 2. The van der Waals surface area contributed by atoms with Gasteiger partial charge < -0.3 is 15.5 Å². The molecule has 1 aliphatic carbocycles. The molecule has 0 spiro atoms. The van der Waals surface area contributed by atoms with Gasteiger partial charge in [0.05, 0.1) is 0 Å². The molecule has 0 unspecified atom stereocenters. The Kier molecular flexibility index (Phi) is 8.20. The summed E-state index contributed by atoms with van der Waals surface area (Å²) in [6.07, 6.45) is 11.3. The Labute approximate surface area is 171 Å². The van der Waals surface area contributed by atoms with E-state index in [-0.39, 0.29) is 12.1 Å². The van der Waals surface area contributed by atoms with Gasteiger partial charge in [-0.15, -0.1) is 0 Å². The van der Waals surface area contributed by atoms with Gasteiger partial charge in [-0.3, -0.25) is 0 Å². The maximum atomic E-state index is 13.0. The van der Waals surface area contributed by atoms with Crippen molar-refractivity contribution < 1.29 is 4.79 Å². The molecule has 3 rings (SSSR count). The maximum absolute atomic E-state index is 13.0. The summed E-state index contributed by atoms with van der Waals surface area (Å²) in [7, 11) is 1.98. The molecule has 156 valence electrons. The lowest BCUT2D eigenvalue weighted by molar-refractivity contribution is 0.159. The van der Waals surface area contributed by atoms with E-state index < -0.39 is 0 Å². The number of amides is 2. The third kappa shape index (κ3) is 6.51. The van der Waals surface area contributed by atoms with Crippen molar-refractivity contribution in [1.82, 2.24) is 15.5 Å². The first-order valence-electron chi connectivity index (χ1n) is 11.4. The summed E-state index contributed by atoms with van der Waals surface area (Å²) in [6, 6.07) is 9.19. The Bertz CT molecular complexity index is 612. The molecule has 1 saturated carbocycles. The molecule has 1 heterocycles. The van der Waals surface area contributed by atoms with Crippen LogP contribution < -0.4 is 10.6 Å². The number of hydrogen-bond acceptors (Lipinski definition) is 2. The van der Waals surface area contributed by atoms with E-state index >= 15 is 0 Å². The van der Waals surface area contributed by atoms with Crippen LogP contribution in [0.5, 0.6) is 0 Å². The Morgan fingerprint density at radius 2 is 1.93 bits per heavy atom. The average molecular weight is 386 g/mol.